The molecule has 0 bridgehead atoms. The smallest absolute Gasteiger partial charge is 0.296 e. The van der Waals surface area contributed by atoms with Gasteiger partial charge in [-0.1, -0.05) is 47.5 Å². The van der Waals surface area contributed by atoms with Crippen LogP contribution in [0.5, 0.6) is 5.75 Å². The van der Waals surface area contributed by atoms with Crippen LogP contribution in [0, 0.1) is 0 Å². The lowest BCUT2D eigenvalue weighted by Crippen LogP contribution is -2.22. The number of carbonyl (C=O) groups is 2. The molecule has 2 heterocycles. The molecule has 0 saturated carbocycles. The Kier molecular flexibility index (Phi) is 5.93. The number of para-hydroxylation sites is 1. The molecule has 156 valence electrons. The highest BCUT2D eigenvalue weighted by atomic mass is 35.5. The van der Waals surface area contributed by atoms with E-state index >= 15 is 0 Å². The molecule has 1 amide bonds. The first-order valence-electron chi connectivity index (χ1n) is 9.34. The summed E-state index contributed by atoms with van der Waals surface area (Å²) in [5.74, 6) is -0.830. The highest BCUT2D eigenvalue weighted by Crippen LogP contribution is 2.31. The maximum absolute atomic E-state index is 13.0. The van der Waals surface area contributed by atoms with Crippen LogP contribution in [0.3, 0.4) is 0 Å². The van der Waals surface area contributed by atoms with Crippen molar-refractivity contribution in [2.75, 3.05) is 12.4 Å². The maximum atomic E-state index is 13.0. The molecule has 6 nitrogen and oxygen atoms in total. The summed E-state index contributed by atoms with van der Waals surface area (Å²) in [6, 6.07) is 15.8. The van der Waals surface area contributed by atoms with Gasteiger partial charge in [0.05, 0.1) is 18.2 Å². The Hall–Kier alpha value is -3.35. The second-order valence-electron chi connectivity index (χ2n) is 6.80. The van der Waals surface area contributed by atoms with E-state index in [9.17, 15) is 9.59 Å². The number of methoxy groups -OCH3 is 1. The molecule has 0 saturated heterocycles. The molecule has 0 aliphatic heterocycles. The van der Waals surface area contributed by atoms with Crippen molar-refractivity contribution >= 4 is 51.5 Å². The topological polar surface area (TPSA) is 73.2 Å². The van der Waals surface area contributed by atoms with Crippen LogP contribution in [-0.2, 0) is 11.3 Å². The number of ether oxygens (including phenoxy) is 1. The maximum Gasteiger partial charge on any atom is 0.296 e. The molecule has 2 aromatic carbocycles. The van der Waals surface area contributed by atoms with Gasteiger partial charge >= 0.3 is 0 Å². The van der Waals surface area contributed by atoms with Crippen molar-refractivity contribution in [1.29, 1.82) is 0 Å². The van der Waals surface area contributed by atoms with Gasteiger partial charge in [0.15, 0.2) is 0 Å². The Morgan fingerprint density at radius 2 is 1.87 bits per heavy atom. The summed E-state index contributed by atoms with van der Waals surface area (Å²) in [6.45, 7) is 0.475. The van der Waals surface area contributed by atoms with E-state index in [1.807, 2.05) is 22.8 Å². The van der Waals surface area contributed by atoms with Crippen molar-refractivity contribution in [3.63, 3.8) is 0 Å². The van der Waals surface area contributed by atoms with Gasteiger partial charge in [-0.25, -0.2) is 4.98 Å². The molecule has 0 spiro atoms. The number of ketones is 1. The average Bonchev–Trinajstić information content (AvgIpc) is 3.13. The van der Waals surface area contributed by atoms with Crippen molar-refractivity contribution in [2.24, 2.45) is 0 Å². The van der Waals surface area contributed by atoms with E-state index in [-0.39, 0.29) is 10.7 Å². The van der Waals surface area contributed by atoms with Crippen LogP contribution in [-0.4, -0.2) is 28.4 Å². The number of pyridine rings is 1. The third-order valence-corrected chi connectivity index (χ3v) is 5.24. The minimum atomic E-state index is -0.768. The highest BCUT2D eigenvalue weighted by Gasteiger charge is 2.23. The summed E-state index contributed by atoms with van der Waals surface area (Å²) in [7, 11) is 1.57. The normalized spacial score (nSPS) is 10.8. The molecule has 31 heavy (non-hydrogen) atoms. The van der Waals surface area contributed by atoms with E-state index in [0.717, 1.165) is 11.1 Å². The molecular formula is C23H17Cl2N3O3. The fourth-order valence-electron chi connectivity index (χ4n) is 3.37. The number of Topliss-reactive ketones (excluding diaryl/α,β-unsaturated/α-hetero) is 1. The Morgan fingerprint density at radius 3 is 2.58 bits per heavy atom. The number of hydrogen-bond acceptors (Lipinski definition) is 4. The molecule has 8 heteroatoms. The van der Waals surface area contributed by atoms with E-state index in [1.165, 1.54) is 12.3 Å². The van der Waals surface area contributed by atoms with Gasteiger partial charge in [-0.15, -0.1) is 0 Å². The van der Waals surface area contributed by atoms with Crippen LogP contribution in [0.2, 0.25) is 10.2 Å². The number of rotatable bonds is 6. The number of amides is 1. The first kappa shape index (κ1) is 20.9. The fraction of sp³-hybridized carbons (Fsp3) is 0.0870. The van der Waals surface area contributed by atoms with E-state index in [0.29, 0.717) is 28.4 Å². The van der Waals surface area contributed by atoms with Crippen molar-refractivity contribution in [1.82, 2.24) is 9.55 Å². The highest BCUT2D eigenvalue weighted by molar-refractivity contribution is 6.48. The zero-order valence-corrected chi connectivity index (χ0v) is 17.9. The van der Waals surface area contributed by atoms with E-state index < -0.39 is 11.7 Å². The predicted octanol–water partition coefficient (Wildman–Crippen LogP) is 5.22. The monoisotopic (exact) mass is 453 g/mol. The van der Waals surface area contributed by atoms with Crippen molar-refractivity contribution in [3.8, 4) is 5.75 Å². The van der Waals surface area contributed by atoms with Crippen LogP contribution >= 0.6 is 23.2 Å². The molecular weight excluding hydrogens is 437 g/mol. The number of benzene rings is 2. The summed E-state index contributed by atoms with van der Waals surface area (Å²) >= 11 is 11.8. The molecule has 4 rings (SSSR count). The number of halogens is 2. The second-order valence-corrected chi connectivity index (χ2v) is 7.63. The first-order valence-corrected chi connectivity index (χ1v) is 10.1. The molecule has 2 aromatic heterocycles. The predicted molar refractivity (Wildman–Crippen MR) is 121 cm³/mol. The number of fused-ring (bicyclic) bond motifs is 1. The lowest BCUT2D eigenvalue weighted by atomic mass is 10.1. The molecule has 0 fully saturated rings. The van der Waals surface area contributed by atoms with Gasteiger partial charge in [-0.2, -0.15) is 0 Å². The number of anilines is 1. The van der Waals surface area contributed by atoms with Gasteiger partial charge < -0.3 is 14.6 Å². The van der Waals surface area contributed by atoms with E-state index in [1.54, 1.807) is 43.6 Å². The SMILES string of the molecule is COc1cccc2c(C(=O)C(=O)Nc3ccnc(Cl)c3)cn(Cc3ccc(Cl)cc3)c12. The largest absolute Gasteiger partial charge is 0.495 e. The van der Waals surface area contributed by atoms with Crippen LogP contribution in [0.15, 0.2) is 67.0 Å². The van der Waals surface area contributed by atoms with Gasteiger partial charge in [0.2, 0.25) is 0 Å². The fourth-order valence-corrected chi connectivity index (χ4v) is 3.67. The molecule has 0 atom stereocenters. The molecule has 1 N–H and O–H groups in total. The van der Waals surface area contributed by atoms with Crippen LogP contribution < -0.4 is 10.1 Å². The molecule has 0 radical (unpaired) electrons. The number of nitrogens with one attached hydrogen (secondary N) is 1. The van der Waals surface area contributed by atoms with Gasteiger partial charge in [-0.05, 0) is 35.9 Å². The third kappa shape index (κ3) is 4.40. The third-order valence-electron chi connectivity index (χ3n) is 4.78. The molecule has 0 unspecified atom stereocenters. The van der Waals surface area contributed by atoms with Crippen molar-refractivity contribution in [2.45, 2.75) is 6.54 Å². The van der Waals surface area contributed by atoms with Crippen LogP contribution in [0.1, 0.15) is 15.9 Å². The van der Waals surface area contributed by atoms with Crippen LogP contribution in [0.25, 0.3) is 10.9 Å². The summed E-state index contributed by atoms with van der Waals surface area (Å²) < 4.78 is 7.40. The quantitative estimate of drug-likeness (QED) is 0.246. The minimum Gasteiger partial charge on any atom is -0.495 e. The standard InChI is InChI=1S/C23H17Cl2N3O3/c1-31-19-4-2-3-17-18(22(29)23(30)27-16-9-10-26-20(25)11-16)13-28(21(17)19)12-14-5-7-15(24)8-6-14/h2-11,13H,12H2,1H3,(H,26,27,30). The Labute approximate surface area is 188 Å². The number of hydrogen-bond donors (Lipinski definition) is 1. The van der Waals surface area contributed by atoms with Gasteiger partial charge in [0.1, 0.15) is 10.9 Å². The summed E-state index contributed by atoms with van der Waals surface area (Å²) in [4.78, 5) is 29.5. The second kappa shape index (κ2) is 8.79. The molecule has 0 aliphatic rings. The number of carbonyl (C=O) groups excluding carboxylic acids is 2. The Bertz CT molecular complexity index is 1280. The van der Waals surface area contributed by atoms with Crippen molar-refractivity contribution < 1.29 is 14.3 Å². The average molecular weight is 454 g/mol. The van der Waals surface area contributed by atoms with Gasteiger partial charge in [0.25, 0.3) is 11.7 Å². The van der Waals surface area contributed by atoms with Crippen molar-refractivity contribution in [3.05, 3.63) is 88.3 Å². The summed E-state index contributed by atoms with van der Waals surface area (Å²) in [6.07, 6.45) is 3.12. The molecule has 4 aromatic rings. The van der Waals surface area contributed by atoms with Crippen LogP contribution in [0.4, 0.5) is 5.69 Å². The Morgan fingerprint density at radius 1 is 1.10 bits per heavy atom. The number of aromatic nitrogens is 2. The summed E-state index contributed by atoms with van der Waals surface area (Å²) in [5.41, 5.74) is 2.38. The van der Waals surface area contributed by atoms with Gasteiger partial charge in [0, 0.05) is 35.0 Å². The zero-order chi connectivity index (χ0) is 22.0. The zero-order valence-electron chi connectivity index (χ0n) is 16.4. The Balaban J connectivity index is 1.72. The van der Waals surface area contributed by atoms with Gasteiger partial charge in [-0.3, -0.25) is 9.59 Å². The molecule has 0 aliphatic carbocycles. The summed E-state index contributed by atoms with van der Waals surface area (Å²) in [5, 5.41) is 4.06. The lowest BCUT2D eigenvalue weighted by molar-refractivity contribution is -0.112. The lowest BCUT2D eigenvalue weighted by Gasteiger charge is -2.09. The number of nitrogens with zero attached hydrogens (tertiary/aromatic N) is 2. The van der Waals surface area contributed by atoms with E-state index in [4.69, 9.17) is 27.9 Å². The first-order chi connectivity index (χ1) is 15.0. The minimum absolute atomic E-state index is 0.217. The van der Waals surface area contributed by atoms with E-state index in [2.05, 4.69) is 10.3 Å².